The van der Waals surface area contributed by atoms with Gasteiger partial charge in [-0.25, -0.2) is 8.42 Å². The highest BCUT2D eigenvalue weighted by molar-refractivity contribution is 7.92. The lowest BCUT2D eigenvalue weighted by Crippen LogP contribution is -2.12. The summed E-state index contributed by atoms with van der Waals surface area (Å²) in [6.45, 7) is 1.61. The van der Waals surface area contributed by atoms with Crippen molar-refractivity contribution < 1.29 is 8.42 Å². The van der Waals surface area contributed by atoms with Crippen molar-refractivity contribution in [1.82, 2.24) is 0 Å². The largest absolute Gasteiger partial charge is 0.228 e. The van der Waals surface area contributed by atoms with Crippen LogP contribution in [0.2, 0.25) is 5.02 Å². The van der Waals surface area contributed by atoms with Gasteiger partial charge < -0.3 is 0 Å². The zero-order valence-corrected chi connectivity index (χ0v) is 10.9. The average molecular weight is 270 g/mol. The highest BCUT2D eigenvalue weighted by atomic mass is 35.5. The molecule has 90 valence electrons. The maximum Gasteiger partial charge on any atom is 0.154 e. The second-order valence-corrected chi connectivity index (χ2v) is 7.04. The zero-order chi connectivity index (χ0) is 12.6. The van der Waals surface area contributed by atoms with Crippen LogP contribution in [0, 0.1) is 17.2 Å². The van der Waals surface area contributed by atoms with Crippen molar-refractivity contribution in [2.24, 2.45) is 5.92 Å². The van der Waals surface area contributed by atoms with Crippen molar-refractivity contribution in [3.63, 3.8) is 0 Å². The molecule has 0 radical (unpaired) electrons. The molecule has 2 rings (SSSR count). The molecule has 1 aromatic rings. The van der Waals surface area contributed by atoms with Crippen LogP contribution in [0.5, 0.6) is 0 Å². The predicted molar refractivity (Wildman–Crippen MR) is 66.5 cm³/mol. The fraction of sp³-hybridized carbons (Fsp3) is 0.417. The van der Waals surface area contributed by atoms with Crippen LogP contribution in [-0.4, -0.2) is 19.4 Å². The Morgan fingerprint density at radius 2 is 2.18 bits per heavy atom. The molecule has 17 heavy (non-hydrogen) atoms. The summed E-state index contributed by atoms with van der Waals surface area (Å²) >= 11 is 5.87. The first-order valence-electron chi connectivity index (χ1n) is 5.38. The van der Waals surface area contributed by atoms with Crippen molar-refractivity contribution in [3.8, 4) is 6.07 Å². The predicted octanol–water partition coefficient (Wildman–Crippen LogP) is 2.38. The van der Waals surface area contributed by atoms with E-state index in [-0.39, 0.29) is 11.7 Å². The maximum atomic E-state index is 11.8. The van der Waals surface area contributed by atoms with Crippen LogP contribution in [-0.2, 0) is 9.84 Å². The van der Waals surface area contributed by atoms with E-state index in [1.807, 2.05) is 6.07 Å². The van der Waals surface area contributed by atoms with Gasteiger partial charge >= 0.3 is 0 Å². The Morgan fingerprint density at radius 3 is 2.71 bits per heavy atom. The van der Waals surface area contributed by atoms with Gasteiger partial charge in [0.1, 0.15) is 0 Å². The number of benzene rings is 1. The SMILES string of the molecule is CCS(=O)(=O)C1C(C#N)C1c1cccc(Cl)c1. The summed E-state index contributed by atoms with van der Waals surface area (Å²) in [5.41, 5.74) is 0.839. The topological polar surface area (TPSA) is 57.9 Å². The van der Waals surface area contributed by atoms with Gasteiger partial charge in [-0.05, 0) is 17.7 Å². The third-order valence-corrected chi connectivity index (χ3v) is 5.61. The lowest BCUT2D eigenvalue weighted by Gasteiger charge is -2.00. The number of nitriles is 1. The molecule has 1 aromatic carbocycles. The molecule has 5 heteroatoms. The minimum absolute atomic E-state index is 0.0763. The molecule has 1 aliphatic rings. The number of hydrogen-bond donors (Lipinski definition) is 0. The third kappa shape index (κ3) is 2.18. The van der Waals surface area contributed by atoms with Crippen LogP contribution < -0.4 is 0 Å². The number of rotatable bonds is 3. The van der Waals surface area contributed by atoms with Gasteiger partial charge in [-0.15, -0.1) is 0 Å². The molecule has 0 aromatic heterocycles. The van der Waals surface area contributed by atoms with E-state index in [1.165, 1.54) is 0 Å². The normalized spacial score (nSPS) is 27.5. The summed E-state index contributed by atoms with van der Waals surface area (Å²) in [5, 5.41) is 9.00. The lowest BCUT2D eigenvalue weighted by molar-refractivity contribution is 0.594. The van der Waals surface area contributed by atoms with Crippen LogP contribution in [0.3, 0.4) is 0 Å². The summed E-state index contributed by atoms with van der Waals surface area (Å²) in [4.78, 5) is 0. The van der Waals surface area contributed by atoms with E-state index in [1.54, 1.807) is 25.1 Å². The molecule has 3 atom stereocenters. The van der Waals surface area contributed by atoms with E-state index >= 15 is 0 Å². The molecule has 0 heterocycles. The Balaban J connectivity index is 2.34. The average Bonchev–Trinajstić information content (AvgIpc) is 3.04. The van der Waals surface area contributed by atoms with Crippen molar-refractivity contribution in [2.75, 3.05) is 5.75 Å². The van der Waals surface area contributed by atoms with Gasteiger partial charge in [0, 0.05) is 16.7 Å². The molecule has 1 aliphatic carbocycles. The third-order valence-electron chi connectivity index (χ3n) is 3.15. The molecule has 1 fully saturated rings. The van der Waals surface area contributed by atoms with Gasteiger partial charge in [-0.1, -0.05) is 30.7 Å². The molecule has 1 saturated carbocycles. The number of nitrogens with zero attached hydrogens (tertiary/aromatic N) is 1. The first kappa shape index (κ1) is 12.4. The van der Waals surface area contributed by atoms with Crippen molar-refractivity contribution in [2.45, 2.75) is 18.1 Å². The van der Waals surface area contributed by atoms with Crippen LogP contribution in [0.15, 0.2) is 24.3 Å². The van der Waals surface area contributed by atoms with Crippen molar-refractivity contribution >= 4 is 21.4 Å². The van der Waals surface area contributed by atoms with Gasteiger partial charge in [0.15, 0.2) is 9.84 Å². The highest BCUT2D eigenvalue weighted by Gasteiger charge is 2.58. The monoisotopic (exact) mass is 269 g/mol. The molecule has 0 aliphatic heterocycles. The number of hydrogen-bond acceptors (Lipinski definition) is 3. The molecule has 0 spiro atoms. The Hall–Kier alpha value is -1.05. The zero-order valence-electron chi connectivity index (χ0n) is 9.30. The van der Waals surface area contributed by atoms with E-state index in [0.717, 1.165) is 5.56 Å². The second kappa shape index (κ2) is 4.32. The fourth-order valence-electron chi connectivity index (χ4n) is 2.19. The van der Waals surface area contributed by atoms with E-state index in [9.17, 15) is 8.42 Å². The fourth-order valence-corrected chi connectivity index (χ4v) is 4.13. The Kier molecular flexibility index (Phi) is 3.15. The molecular formula is C12H12ClNO2S. The van der Waals surface area contributed by atoms with E-state index in [4.69, 9.17) is 16.9 Å². The molecule has 3 nitrogen and oxygen atoms in total. The second-order valence-electron chi connectivity index (χ2n) is 4.15. The summed E-state index contributed by atoms with van der Waals surface area (Å²) < 4.78 is 23.6. The minimum Gasteiger partial charge on any atom is -0.228 e. The van der Waals surface area contributed by atoms with Gasteiger partial charge in [-0.2, -0.15) is 5.26 Å². The summed E-state index contributed by atoms with van der Waals surface area (Å²) in [5.74, 6) is -0.575. The Labute approximate surface area is 106 Å². The smallest absolute Gasteiger partial charge is 0.154 e. The molecule has 0 bridgehead atoms. The van der Waals surface area contributed by atoms with Crippen LogP contribution in [0.25, 0.3) is 0 Å². The van der Waals surface area contributed by atoms with E-state index in [2.05, 4.69) is 6.07 Å². The molecule has 0 saturated heterocycles. The van der Waals surface area contributed by atoms with Crippen LogP contribution in [0.4, 0.5) is 0 Å². The van der Waals surface area contributed by atoms with Gasteiger partial charge in [-0.3, -0.25) is 0 Å². The van der Waals surface area contributed by atoms with Gasteiger partial charge in [0.25, 0.3) is 0 Å². The maximum absolute atomic E-state index is 11.8. The summed E-state index contributed by atoms with van der Waals surface area (Å²) in [6.07, 6.45) is 0. The molecule has 0 N–H and O–H groups in total. The Bertz CT molecular complexity index is 576. The molecular weight excluding hydrogens is 258 g/mol. The quantitative estimate of drug-likeness (QED) is 0.846. The van der Waals surface area contributed by atoms with Crippen LogP contribution >= 0.6 is 11.6 Å². The number of halogens is 1. The van der Waals surface area contributed by atoms with Gasteiger partial charge in [0.2, 0.25) is 0 Å². The molecule has 3 unspecified atom stereocenters. The van der Waals surface area contributed by atoms with E-state index < -0.39 is 21.0 Å². The summed E-state index contributed by atoms with van der Waals surface area (Å²) in [7, 11) is -3.16. The first-order valence-corrected chi connectivity index (χ1v) is 7.47. The minimum atomic E-state index is -3.16. The van der Waals surface area contributed by atoms with Crippen molar-refractivity contribution in [1.29, 1.82) is 5.26 Å². The van der Waals surface area contributed by atoms with Gasteiger partial charge in [0.05, 0.1) is 17.2 Å². The molecule has 0 amide bonds. The lowest BCUT2D eigenvalue weighted by atomic mass is 10.1. The number of sulfone groups is 1. The Morgan fingerprint density at radius 1 is 1.47 bits per heavy atom. The standard InChI is InChI=1S/C12H12ClNO2S/c1-2-17(15,16)12-10(7-14)11(12)8-4-3-5-9(13)6-8/h3-6,10-12H,2H2,1H3. The summed E-state index contributed by atoms with van der Waals surface area (Å²) in [6, 6.07) is 9.15. The highest BCUT2D eigenvalue weighted by Crippen LogP contribution is 2.52. The van der Waals surface area contributed by atoms with Crippen LogP contribution in [0.1, 0.15) is 18.4 Å². The van der Waals surface area contributed by atoms with E-state index in [0.29, 0.717) is 5.02 Å². The first-order chi connectivity index (χ1) is 8.01. The van der Waals surface area contributed by atoms with Crippen molar-refractivity contribution in [3.05, 3.63) is 34.9 Å².